The van der Waals surface area contributed by atoms with Crippen LogP contribution in [0.25, 0.3) is 0 Å². The fourth-order valence-corrected chi connectivity index (χ4v) is 2.53. The van der Waals surface area contributed by atoms with Gasteiger partial charge in [-0.2, -0.15) is 13.2 Å². The third kappa shape index (κ3) is 3.09. The minimum absolute atomic E-state index is 0.0432. The number of benzene rings is 1. The van der Waals surface area contributed by atoms with E-state index in [1.165, 1.54) is 12.1 Å². The van der Waals surface area contributed by atoms with E-state index in [0.717, 1.165) is 19.2 Å². The van der Waals surface area contributed by atoms with Crippen molar-refractivity contribution in [1.29, 1.82) is 0 Å². The van der Waals surface area contributed by atoms with Gasteiger partial charge in [0.15, 0.2) is 0 Å². The molecule has 0 radical (unpaired) electrons. The highest BCUT2D eigenvalue weighted by Gasteiger charge is 2.33. The zero-order valence-corrected chi connectivity index (χ0v) is 11.1. The Morgan fingerprint density at radius 2 is 2.00 bits per heavy atom. The average Bonchev–Trinajstić information content (AvgIpc) is 2.68. The number of nitrogens with zero attached hydrogens (tertiary/aromatic N) is 1. The van der Waals surface area contributed by atoms with Crippen molar-refractivity contribution in [1.82, 2.24) is 4.90 Å². The number of nitrogens with two attached hydrogens (primary N) is 1. The third-order valence-electron chi connectivity index (χ3n) is 3.94. The molecular weight excluding hydrogens is 253 g/mol. The smallest absolute Gasteiger partial charge is 0.326 e. The molecule has 3 unspecified atom stereocenters. The quantitative estimate of drug-likeness (QED) is 0.896. The molecule has 1 fully saturated rings. The lowest BCUT2D eigenvalue weighted by atomic mass is 10.0. The molecule has 2 N–H and O–H groups in total. The number of rotatable bonds is 2. The van der Waals surface area contributed by atoms with E-state index in [-0.39, 0.29) is 12.1 Å². The topological polar surface area (TPSA) is 29.3 Å². The summed E-state index contributed by atoms with van der Waals surface area (Å²) in [7, 11) is 0. The van der Waals surface area contributed by atoms with E-state index in [0.29, 0.717) is 11.5 Å². The molecule has 0 spiro atoms. The highest BCUT2D eigenvalue weighted by atomic mass is 19.4. The highest BCUT2D eigenvalue weighted by molar-refractivity contribution is 5.28. The Kier molecular flexibility index (Phi) is 3.87. The van der Waals surface area contributed by atoms with E-state index in [2.05, 4.69) is 11.8 Å². The minimum Gasteiger partial charge on any atom is -0.326 e. The Morgan fingerprint density at radius 1 is 1.32 bits per heavy atom. The molecule has 0 amide bonds. The summed E-state index contributed by atoms with van der Waals surface area (Å²) in [5.41, 5.74) is 6.06. The summed E-state index contributed by atoms with van der Waals surface area (Å²) < 4.78 is 38.1. The van der Waals surface area contributed by atoms with E-state index in [4.69, 9.17) is 5.73 Å². The lowest BCUT2D eigenvalue weighted by molar-refractivity contribution is -0.137. The summed E-state index contributed by atoms with van der Waals surface area (Å²) in [4.78, 5) is 2.14. The predicted octanol–water partition coefficient (Wildman–Crippen LogP) is 3.05. The Bertz CT molecular complexity index is 435. The second-order valence-electron chi connectivity index (χ2n) is 5.39. The van der Waals surface area contributed by atoms with Crippen LogP contribution < -0.4 is 5.73 Å². The lowest BCUT2D eigenvalue weighted by Gasteiger charge is -2.25. The fraction of sp³-hybridized carbons (Fsp3) is 0.571. The van der Waals surface area contributed by atoms with E-state index in [1.54, 1.807) is 6.07 Å². The van der Waals surface area contributed by atoms with E-state index in [1.807, 2.05) is 6.92 Å². The van der Waals surface area contributed by atoms with Crippen LogP contribution in [-0.2, 0) is 6.18 Å². The Morgan fingerprint density at radius 3 is 2.53 bits per heavy atom. The van der Waals surface area contributed by atoms with Gasteiger partial charge in [-0.15, -0.1) is 0 Å². The van der Waals surface area contributed by atoms with E-state index >= 15 is 0 Å². The van der Waals surface area contributed by atoms with Crippen LogP contribution in [0.5, 0.6) is 0 Å². The zero-order valence-electron chi connectivity index (χ0n) is 11.1. The van der Waals surface area contributed by atoms with Gasteiger partial charge in [-0.25, -0.2) is 0 Å². The van der Waals surface area contributed by atoms with E-state index in [9.17, 15) is 13.2 Å². The van der Waals surface area contributed by atoms with Crippen molar-refractivity contribution in [3.8, 4) is 0 Å². The summed E-state index contributed by atoms with van der Waals surface area (Å²) in [5.74, 6) is 0.383. The molecule has 1 aromatic carbocycles. The summed E-state index contributed by atoms with van der Waals surface area (Å²) in [6.07, 6.45) is -4.29. The Balaban J connectivity index is 2.18. The molecule has 106 valence electrons. The summed E-state index contributed by atoms with van der Waals surface area (Å²) in [6.45, 7) is 5.57. The maximum absolute atomic E-state index is 12.7. The van der Waals surface area contributed by atoms with Crippen molar-refractivity contribution < 1.29 is 13.2 Å². The maximum atomic E-state index is 12.7. The van der Waals surface area contributed by atoms with Gasteiger partial charge in [0.1, 0.15) is 0 Å². The molecule has 3 atom stereocenters. The van der Waals surface area contributed by atoms with Crippen LogP contribution in [0.1, 0.15) is 31.0 Å². The largest absolute Gasteiger partial charge is 0.416 e. The van der Waals surface area contributed by atoms with Gasteiger partial charge in [0, 0.05) is 25.2 Å². The summed E-state index contributed by atoms with van der Waals surface area (Å²) in [5, 5.41) is 0. The molecule has 1 heterocycles. The second kappa shape index (κ2) is 5.13. The molecule has 1 aliphatic rings. The van der Waals surface area contributed by atoms with Gasteiger partial charge in [-0.1, -0.05) is 19.1 Å². The summed E-state index contributed by atoms with van der Waals surface area (Å²) in [6, 6.07) is 5.61. The first-order valence-electron chi connectivity index (χ1n) is 6.46. The normalized spacial score (nSPS) is 26.6. The molecular formula is C14H19F3N2. The molecule has 1 aliphatic heterocycles. The first-order valence-corrected chi connectivity index (χ1v) is 6.46. The van der Waals surface area contributed by atoms with Gasteiger partial charge in [0.25, 0.3) is 0 Å². The number of likely N-dealkylation sites (tertiary alicyclic amines) is 1. The molecule has 1 saturated heterocycles. The first-order chi connectivity index (χ1) is 8.79. The molecule has 19 heavy (non-hydrogen) atoms. The van der Waals surface area contributed by atoms with E-state index < -0.39 is 11.7 Å². The van der Waals surface area contributed by atoms with Crippen molar-refractivity contribution in [2.24, 2.45) is 11.7 Å². The molecule has 0 aliphatic carbocycles. The SMILES string of the molecule is CC1CN(C(C)c2cccc(C(F)(F)F)c2)CC1N. The monoisotopic (exact) mass is 272 g/mol. The van der Waals surface area contributed by atoms with Gasteiger partial charge >= 0.3 is 6.18 Å². The molecule has 0 aromatic heterocycles. The molecule has 0 bridgehead atoms. The zero-order chi connectivity index (χ0) is 14.2. The van der Waals surface area contributed by atoms with Crippen molar-refractivity contribution in [2.75, 3.05) is 13.1 Å². The van der Waals surface area contributed by atoms with Gasteiger partial charge in [0.05, 0.1) is 5.56 Å². The van der Waals surface area contributed by atoms with Gasteiger partial charge < -0.3 is 5.73 Å². The molecule has 5 heteroatoms. The standard InChI is InChI=1S/C14H19F3N2/c1-9-7-19(8-13(9)18)10(2)11-4-3-5-12(6-11)14(15,16)17/h3-6,9-10,13H,7-8,18H2,1-2H3. The molecule has 1 aromatic rings. The van der Waals surface area contributed by atoms with Crippen molar-refractivity contribution >= 4 is 0 Å². The molecule has 2 rings (SSSR count). The number of hydrogen-bond acceptors (Lipinski definition) is 2. The van der Waals surface area contributed by atoms with Crippen LogP contribution in [0.4, 0.5) is 13.2 Å². The summed E-state index contributed by atoms with van der Waals surface area (Å²) >= 11 is 0. The highest BCUT2D eigenvalue weighted by Crippen LogP contribution is 2.33. The second-order valence-corrected chi connectivity index (χ2v) is 5.39. The van der Waals surface area contributed by atoms with Crippen molar-refractivity contribution in [3.05, 3.63) is 35.4 Å². The van der Waals surface area contributed by atoms with Crippen LogP contribution >= 0.6 is 0 Å². The van der Waals surface area contributed by atoms with Crippen LogP contribution in [-0.4, -0.2) is 24.0 Å². The molecule has 0 saturated carbocycles. The maximum Gasteiger partial charge on any atom is 0.416 e. The predicted molar refractivity (Wildman–Crippen MR) is 68.6 cm³/mol. The Labute approximate surface area is 111 Å². The third-order valence-corrected chi connectivity index (χ3v) is 3.94. The first kappa shape index (κ1) is 14.3. The van der Waals surface area contributed by atoms with Crippen molar-refractivity contribution in [3.63, 3.8) is 0 Å². The van der Waals surface area contributed by atoms with Gasteiger partial charge in [-0.3, -0.25) is 4.90 Å². The van der Waals surface area contributed by atoms with Crippen LogP contribution in [0.3, 0.4) is 0 Å². The van der Waals surface area contributed by atoms with Crippen LogP contribution in [0.15, 0.2) is 24.3 Å². The lowest BCUT2D eigenvalue weighted by Crippen LogP contribution is -2.29. The Hall–Kier alpha value is -1.07. The number of hydrogen-bond donors (Lipinski definition) is 1. The number of halogens is 3. The van der Waals surface area contributed by atoms with Gasteiger partial charge in [0.2, 0.25) is 0 Å². The van der Waals surface area contributed by atoms with Crippen LogP contribution in [0.2, 0.25) is 0 Å². The van der Waals surface area contributed by atoms with Crippen LogP contribution in [0, 0.1) is 5.92 Å². The molecule has 2 nitrogen and oxygen atoms in total. The van der Waals surface area contributed by atoms with Crippen molar-refractivity contribution in [2.45, 2.75) is 32.1 Å². The fourth-order valence-electron chi connectivity index (χ4n) is 2.53. The average molecular weight is 272 g/mol. The minimum atomic E-state index is -4.29. The van der Waals surface area contributed by atoms with Gasteiger partial charge in [-0.05, 0) is 30.5 Å². The number of alkyl halides is 3.